The number of ether oxygens (including phenoxy) is 1. The van der Waals surface area contributed by atoms with Crippen LogP contribution in [0.25, 0.3) is 10.8 Å². The maximum atomic E-state index is 13.9. The van der Waals surface area contributed by atoms with Crippen LogP contribution in [0.2, 0.25) is 0 Å². The molecule has 4 aromatic rings. The molecule has 0 bridgehead atoms. The van der Waals surface area contributed by atoms with E-state index >= 15 is 0 Å². The highest BCUT2D eigenvalue weighted by atomic mass is 19.4. The maximum absolute atomic E-state index is 13.9. The van der Waals surface area contributed by atoms with Crippen molar-refractivity contribution in [2.24, 2.45) is 0 Å². The van der Waals surface area contributed by atoms with Gasteiger partial charge in [0.1, 0.15) is 11.6 Å². The maximum Gasteiger partial charge on any atom is 0.410 e. The molecule has 1 aromatic heterocycles. The third kappa shape index (κ3) is 4.80. The number of benzene rings is 3. The molecule has 186 valence electrons. The summed E-state index contributed by atoms with van der Waals surface area (Å²) in [6.07, 6.45) is -1.95. The Balaban J connectivity index is 1.33. The van der Waals surface area contributed by atoms with Crippen LogP contribution in [0.5, 0.6) is 5.75 Å². The van der Waals surface area contributed by atoms with Crippen LogP contribution in [0.3, 0.4) is 0 Å². The van der Waals surface area contributed by atoms with Gasteiger partial charge in [-0.15, -0.1) is 0 Å². The predicted octanol–water partition coefficient (Wildman–Crippen LogP) is 6.91. The van der Waals surface area contributed by atoms with Gasteiger partial charge in [-0.3, -0.25) is 4.79 Å². The summed E-state index contributed by atoms with van der Waals surface area (Å²) in [5.74, 6) is 0.523. The minimum absolute atomic E-state index is 0.125. The predicted molar refractivity (Wildman–Crippen MR) is 133 cm³/mol. The molecule has 0 aliphatic carbocycles. The number of aryl methyl sites for hydroxylation is 1. The van der Waals surface area contributed by atoms with Crippen molar-refractivity contribution in [1.29, 1.82) is 0 Å². The third-order valence-corrected chi connectivity index (χ3v) is 6.74. The molecule has 0 amide bonds. The Morgan fingerprint density at radius 3 is 2.56 bits per heavy atom. The second-order valence-electron chi connectivity index (χ2n) is 9.07. The van der Waals surface area contributed by atoms with E-state index in [4.69, 9.17) is 4.74 Å². The van der Waals surface area contributed by atoms with Crippen molar-refractivity contribution in [3.63, 3.8) is 0 Å². The van der Waals surface area contributed by atoms with Crippen molar-refractivity contribution >= 4 is 22.4 Å². The van der Waals surface area contributed by atoms with Gasteiger partial charge in [-0.2, -0.15) is 18.3 Å². The molecule has 2 unspecified atom stereocenters. The number of methoxy groups -OCH3 is 1. The van der Waals surface area contributed by atoms with Crippen molar-refractivity contribution in [1.82, 2.24) is 9.78 Å². The summed E-state index contributed by atoms with van der Waals surface area (Å²) < 4.78 is 47.9. The molecule has 0 saturated heterocycles. The number of nitrogens with zero attached hydrogens (tertiary/aromatic N) is 2. The number of Topliss-reactive ketones (excluding diaryl/α,β-unsaturated/α-hetero) is 1. The van der Waals surface area contributed by atoms with Crippen molar-refractivity contribution in [2.75, 3.05) is 12.4 Å². The standard InChI is InChI=1S/C28H26F3N3O2/c1-36-22-13-11-20(12-14-22)24-16-26(28(29,30)31)34-27(33-24)23(17-32-34)25(35)8-4-5-18-9-10-19-6-2-3-7-21(19)15-18/h2-3,6-7,9-15,17,24,26,33H,4-5,8,16H2,1H3. The highest BCUT2D eigenvalue weighted by Crippen LogP contribution is 2.44. The number of ketones is 1. The lowest BCUT2D eigenvalue weighted by Gasteiger charge is -2.34. The summed E-state index contributed by atoms with van der Waals surface area (Å²) in [6, 6.07) is 18.7. The molecule has 0 fully saturated rings. The van der Waals surface area contributed by atoms with E-state index in [0.717, 1.165) is 21.0 Å². The zero-order valence-corrected chi connectivity index (χ0v) is 19.8. The van der Waals surface area contributed by atoms with Gasteiger partial charge in [0.2, 0.25) is 0 Å². The third-order valence-electron chi connectivity index (χ3n) is 6.74. The van der Waals surface area contributed by atoms with Gasteiger partial charge < -0.3 is 10.1 Å². The van der Waals surface area contributed by atoms with Gasteiger partial charge in [-0.1, -0.05) is 54.6 Å². The number of rotatable bonds is 7. The van der Waals surface area contributed by atoms with Gasteiger partial charge in [-0.25, -0.2) is 4.68 Å². The van der Waals surface area contributed by atoms with Crippen LogP contribution in [-0.2, 0) is 6.42 Å². The second-order valence-corrected chi connectivity index (χ2v) is 9.07. The Morgan fingerprint density at radius 2 is 1.83 bits per heavy atom. The highest BCUT2D eigenvalue weighted by Gasteiger charge is 2.47. The first-order valence-electron chi connectivity index (χ1n) is 11.9. The Hall–Kier alpha value is -3.81. The smallest absolute Gasteiger partial charge is 0.410 e. The molecular weight excluding hydrogens is 467 g/mol. The van der Waals surface area contributed by atoms with Crippen LogP contribution in [-0.4, -0.2) is 28.8 Å². The van der Waals surface area contributed by atoms with E-state index in [1.807, 2.05) is 30.3 Å². The Labute approximate surface area is 206 Å². The van der Waals surface area contributed by atoms with Crippen LogP contribution < -0.4 is 10.1 Å². The lowest BCUT2D eigenvalue weighted by atomic mass is 9.95. The molecule has 1 N–H and O–H groups in total. The van der Waals surface area contributed by atoms with Crippen molar-refractivity contribution < 1.29 is 22.7 Å². The molecule has 0 saturated carbocycles. The van der Waals surface area contributed by atoms with E-state index in [-0.39, 0.29) is 30.0 Å². The average molecular weight is 494 g/mol. The topological polar surface area (TPSA) is 56.2 Å². The number of halogens is 3. The van der Waals surface area contributed by atoms with E-state index in [0.29, 0.717) is 24.2 Å². The molecule has 8 heteroatoms. The first-order valence-corrected chi connectivity index (χ1v) is 11.9. The molecule has 3 aromatic carbocycles. The number of alkyl halides is 3. The van der Waals surface area contributed by atoms with Crippen molar-refractivity contribution in [3.05, 3.63) is 89.6 Å². The van der Waals surface area contributed by atoms with E-state index in [9.17, 15) is 18.0 Å². The zero-order valence-electron chi connectivity index (χ0n) is 19.8. The molecule has 0 spiro atoms. The number of anilines is 1. The number of hydrogen-bond acceptors (Lipinski definition) is 4. The summed E-state index contributed by atoms with van der Waals surface area (Å²) in [5, 5.41) is 9.42. The number of carbonyl (C=O) groups excluding carboxylic acids is 1. The molecule has 5 rings (SSSR count). The zero-order chi connectivity index (χ0) is 25.3. The SMILES string of the molecule is COc1ccc(C2CC(C(F)(F)F)n3ncc(C(=O)CCCc4ccc5ccccc5c4)c3N2)cc1. The summed E-state index contributed by atoms with van der Waals surface area (Å²) >= 11 is 0. The summed E-state index contributed by atoms with van der Waals surface area (Å²) in [5.41, 5.74) is 2.00. The first kappa shape index (κ1) is 23.9. The second kappa shape index (κ2) is 9.68. The largest absolute Gasteiger partial charge is 0.497 e. The molecule has 2 atom stereocenters. The van der Waals surface area contributed by atoms with Gasteiger partial charge >= 0.3 is 6.18 Å². The van der Waals surface area contributed by atoms with E-state index in [1.54, 1.807) is 24.3 Å². The van der Waals surface area contributed by atoms with Gasteiger partial charge in [-0.05, 0) is 46.9 Å². The fraction of sp³-hybridized carbons (Fsp3) is 0.286. The molecule has 2 heterocycles. The number of nitrogens with one attached hydrogen (secondary N) is 1. The van der Waals surface area contributed by atoms with Crippen molar-refractivity contribution in [2.45, 2.75) is 43.9 Å². The molecular formula is C28H26F3N3O2. The average Bonchev–Trinajstić information content (AvgIpc) is 3.31. The number of fused-ring (bicyclic) bond motifs is 2. The van der Waals surface area contributed by atoms with Crippen LogP contribution in [0.15, 0.2) is 72.9 Å². The minimum atomic E-state index is -4.50. The molecule has 5 nitrogen and oxygen atoms in total. The summed E-state index contributed by atoms with van der Waals surface area (Å²) in [6.45, 7) is 0. The Bertz CT molecular complexity index is 1380. The molecule has 36 heavy (non-hydrogen) atoms. The molecule has 0 radical (unpaired) electrons. The van der Waals surface area contributed by atoms with E-state index in [2.05, 4.69) is 22.5 Å². The van der Waals surface area contributed by atoms with E-state index < -0.39 is 18.3 Å². The Morgan fingerprint density at radius 1 is 1.08 bits per heavy atom. The summed E-state index contributed by atoms with van der Waals surface area (Å²) in [7, 11) is 1.53. The molecule has 1 aliphatic rings. The van der Waals surface area contributed by atoms with Gasteiger partial charge in [0.15, 0.2) is 11.8 Å². The summed E-state index contributed by atoms with van der Waals surface area (Å²) in [4.78, 5) is 13.1. The van der Waals surface area contributed by atoms with Crippen LogP contribution in [0.1, 0.15) is 52.8 Å². The highest BCUT2D eigenvalue weighted by molar-refractivity contribution is 6.00. The lowest BCUT2D eigenvalue weighted by molar-refractivity contribution is -0.173. The van der Waals surface area contributed by atoms with Crippen LogP contribution >= 0.6 is 0 Å². The molecule has 1 aliphatic heterocycles. The lowest BCUT2D eigenvalue weighted by Crippen LogP contribution is -2.36. The van der Waals surface area contributed by atoms with Gasteiger partial charge in [0, 0.05) is 12.8 Å². The van der Waals surface area contributed by atoms with Crippen LogP contribution in [0, 0.1) is 0 Å². The van der Waals surface area contributed by atoms with Crippen molar-refractivity contribution in [3.8, 4) is 5.75 Å². The number of hydrogen-bond donors (Lipinski definition) is 1. The normalized spacial score (nSPS) is 17.4. The van der Waals surface area contributed by atoms with Crippen LogP contribution in [0.4, 0.5) is 19.0 Å². The number of aromatic nitrogens is 2. The fourth-order valence-electron chi connectivity index (χ4n) is 4.80. The van der Waals surface area contributed by atoms with Gasteiger partial charge in [0.25, 0.3) is 0 Å². The number of carbonyl (C=O) groups is 1. The Kier molecular flexibility index (Phi) is 6.43. The van der Waals surface area contributed by atoms with Gasteiger partial charge in [0.05, 0.1) is 24.9 Å². The monoisotopic (exact) mass is 493 g/mol. The quantitative estimate of drug-likeness (QED) is 0.284. The van der Waals surface area contributed by atoms with E-state index in [1.165, 1.54) is 13.3 Å². The minimum Gasteiger partial charge on any atom is -0.497 e. The first-order chi connectivity index (χ1) is 17.3. The fourth-order valence-corrected chi connectivity index (χ4v) is 4.80.